The Labute approximate surface area is 154 Å². The highest BCUT2D eigenvalue weighted by Crippen LogP contribution is 2.24. The van der Waals surface area contributed by atoms with Gasteiger partial charge in [-0.25, -0.2) is 0 Å². The molecular weight excluding hydrogens is 345 g/mol. The highest BCUT2D eigenvalue weighted by Gasteiger charge is 2.30. The van der Waals surface area contributed by atoms with Crippen LogP contribution >= 0.6 is 23.2 Å². The third-order valence-corrected chi connectivity index (χ3v) is 5.34. The summed E-state index contributed by atoms with van der Waals surface area (Å²) in [6.45, 7) is 6.59. The first kappa shape index (κ1) is 19.5. The maximum absolute atomic E-state index is 12.3. The fourth-order valence-electron chi connectivity index (χ4n) is 3.11. The van der Waals surface area contributed by atoms with Crippen molar-refractivity contribution in [2.75, 3.05) is 13.1 Å². The number of nitrogens with zero attached hydrogens (tertiary/aromatic N) is 1. The Morgan fingerprint density at radius 1 is 1.33 bits per heavy atom. The second-order valence-electron chi connectivity index (χ2n) is 6.94. The van der Waals surface area contributed by atoms with E-state index in [9.17, 15) is 4.79 Å². The van der Waals surface area contributed by atoms with Gasteiger partial charge in [-0.05, 0) is 43.9 Å². The van der Waals surface area contributed by atoms with E-state index >= 15 is 0 Å². The minimum Gasteiger partial charge on any atom is -0.352 e. The predicted molar refractivity (Wildman–Crippen MR) is 100 cm³/mol. The molecule has 1 aromatic rings. The van der Waals surface area contributed by atoms with Gasteiger partial charge < -0.3 is 11.1 Å². The molecule has 1 aromatic carbocycles. The number of piperidine rings is 1. The van der Waals surface area contributed by atoms with E-state index in [1.165, 1.54) is 0 Å². The Bertz CT molecular complexity index is 569. The number of nitrogens with two attached hydrogens (primary N) is 1. The average molecular weight is 372 g/mol. The number of amides is 1. The normalized spacial score (nSPS) is 19.0. The van der Waals surface area contributed by atoms with Crippen molar-refractivity contribution in [1.29, 1.82) is 0 Å². The molecule has 1 aliphatic rings. The van der Waals surface area contributed by atoms with Crippen molar-refractivity contribution in [1.82, 2.24) is 10.2 Å². The first-order chi connectivity index (χ1) is 11.3. The van der Waals surface area contributed by atoms with Crippen LogP contribution in [0.15, 0.2) is 18.2 Å². The molecule has 1 saturated heterocycles. The molecular formula is C18H27Cl2N3O. The SMILES string of the molecule is CCCC(C)(N)C(=O)NC1CCN(Cc2ccc(Cl)c(Cl)c2)CC1. The Hall–Kier alpha value is -0.810. The van der Waals surface area contributed by atoms with Gasteiger partial charge in [0.05, 0.1) is 15.6 Å². The molecule has 0 radical (unpaired) electrons. The molecule has 0 spiro atoms. The van der Waals surface area contributed by atoms with Crippen LogP contribution in [0.4, 0.5) is 0 Å². The number of rotatable bonds is 6. The monoisotopic (exact) mass is 371 g/mol. The molecule has 1 heterocycles. The summed E-state index contributed by atoms with van der Waals surface area (Å²) in [5.74, 6) is -0.0349. The van der Waals surface area contributed by atoms with E-state index in [-0.39, 0.29) is 11.9 Å². The molecule has 4 nitrogen and oxygen atoms in total. The average Bonchev–Trinajstić information content (AvgIpc) is 2.53. The lowest BCUT2D eigenvalue weighted by molar-refractivity contribution is -0.127. The molecule has 0 saturated carbocycles. The van der Waals surface area contributed by atoms with E-state index in [1.807, 2.05) is 32.0 Å². The number of hydrogen-bond acceptors (Lipinski definition) is 3. The summed E-state index contributed by atoms with van der Waals surface area (Å²) in [6, 6.07) is 5.97. The van der Waals surface area contributed by atoms with Gasteiger partial charge in [0, 0.05) is 25.7 Å². The van der Waals surface area contributed by atoms with Crippen molar-refractivity contribution in [3.05, 3.63) is 33.8 Å². The zero-order chi connectivity index (χ0) is 17.7. The van der Waals surface area contributed by atoms with Gasteiger partial charge in [-0.15, -0.1) is 0 Å². The maximum Gasteiger partial charge on any atom is 0.240 e. The first-order valence-corrected chi connectivity index (χ1v) is 9.33. The number of nitrogens with one attached hydrogen (secondary N) is 1. The third kappa shape index (κ3) is 5.35. The summed E-state index contributed by atoms with van der Waals surface area (Å²) in [5, 5.41) is 4.29. The summed E-state index contributed by atoms with van der Waals surface area (Å²) < 4.78 is 0. The van der Waals surface area contributed by atoms with Crippen LogP contribution in [-0.4, -0.2) is 35.5 Å². The van der Waals surface area contributed by atoms with Crippen molar-refractivity contribution in [3.8, 4) is 0 Å². The lowest BCUT2D eigenvalue weighted by Crippen LogP contribution is -2.55. The number of carbonyl (C=O) groups is 1. The molecule has 1 aliphatic heterocycles. The summed E-state index contributed by atoms with van der Waals surface area (Å²) in [7, 11) is 0. The fourth-order valence-corrected chi connectivity index (χ4v) is 3.44. The predicted octanol–water partition coefficient (Wildman–Crippen LogP) is 3.59. The van der Waals surface area contributed by atoms with Gasteiger partial charge in [0.1, 0.15) is 0 Å². The topological polar surface area (TPSA) is 58.4 Å². The molecule has 1 atom stereocenters. The second-order valence-corrected chi connectivity index (χ2v) is 7.75. The maximum atomic E-state index is 12.3. The molecule has 24 heavy (non-hydrogen) atoms. The molecule has 6 heteroatoms. The van der Waals surface area contributed by atoms with Gasteiger partial charge in [-0.3, -0.25) is 9.69 Å². The van der Waals surface area contributed by atoms with E-state index in [1.54, 1.807) is 0 Å². The molecule has 1 unspecified atom stereocenters. The number of hydrogen-bond donors (Lipinski definition) is 2. The van der Waals surface area contributed by atoms with E-state index in [0.717, 1.165) is 44.5 Å². The molecule has 2 rings (SSSR count). The molecule has 3 N–H and O–H groups in total. The molecule has 1 fully saturated rings. The van der Waals surface area contributed by atoms with Crippen LogP contribution in [0.2, 0.25) is 10.0 Å². The van der Waals surface area contributed by atoms with E-state index in [0.29, 0.717) is 16.5 Å². The summed E-state index contributed by atoms with van der Waals surface area (Å²) in [4.78, 5) is 14.7. The van der Waals surface area contributed by atoms with Crippen molar-refractivity contribution >= 4 is 29.1 Å². The molecule has 0 aliphatic carbocycles. The summed E-state index contributed by atoms with van der Waals surface area (Å²) in [6.07, 6.45) is 3.49. The Kier molecular flexibility index (Phi) is 6.93. The van der Waals surface area contributed by atoms with Gasteiger partial charge in [0.2, 0.25) is 5.91 Å². The van der Waals surface area contributed by atoms with E-state index in [2.05, 4.69) is 10.2 Å². The zero-order valence-corrected chi connectivity index (χ0v) is 16.0. The van der Waals surface area contributed by atoms with Crippen LogP contribution in [0, 0.1) is 0 Å². The van der Waals surface area contributed by atoms with Gasteiger partial charge in [0.15, 0.2) is 0 Å². The Morgan fingerprint density at radius 2 is 2.00 bits per heavy atom. The zero-order valence-electron chi connectivity index (χ0n) is 14.4. The molecule has 134 valence electrons. The lowest BCUT2D eigenvalue weighted by atomic mass is 9.95. The van der Waals surface area contributed by atoms with Crippen LogP contribution in [0.5, 0.6) is 0 Å². The second kappa shape index (κ2) is 8.52. The minimum absolute atomic E-state index is 0.0349. The van der Waals surface area contributed by atoms with Crippen molar-refractivity contribution in [2.24, 2.45) is 5.73 Å². The fraction of sp³-hybridized carbons (Fsp3) is 0.611. The lowest BCUT2D eigenvalue weighted by Gasteiger charge is -2.34. The summed E-state index contributed by atoms with van der Waals surface area (Å²) >= 11 is 12.0. The van der Waals surface area contributed by atoms with Crippen LogP contribution in [0.1, 0.15) is 45.1 Å². The van der Waals surface area contributed by atoms with Gasteiger partial charge in [0.25, 0.3) is 0 Å². The Balaban J connectivity index is 1.81. The van der Waals surface area contributed by atoms with Crippen LogP contribution in [0.3, 0.4) is 0 Å². The van der Waals surface area contributed by atoms with E-state index in [4.69, 9.17) is 28.9 Å². The highest BCUT2D eigenvalue weighted by atomic mass is 35.5. The van der Waals surface area contributed by atoms with Gasteiger partial charge in [-0.1, -0.05) is 42.6 Å². The van der Waals surface area contributed by atoms with Crippen LogP contribution in [-0.2, 0) is 11.3 Å². The standard InChI is InChI=1S/C18H27Cl2N3O/c1-3-8-18(2,21)17(24)22-14-6-9-23(10-7-14)12-13-4-5-15(19)16(20)11-13/h4-5,11,14H,3,6-10,12,21H2,1-2H3,(H,22,24). The van der Waals surface area contributed by atoms with Crippen molar-refractivity contribution in [3.63, 3.8) is 0 Å². The summed E-state index contributed by atoms with van der Waals surface area (Å²) in [5.41, 5.74) is 6.48. The molecule has 0 aromatic heterocycles. The van der Waals surface area contributed by atoms with Crippen LogP contribution < -0.4 is 11.1 Å². The van der Waals surface area contributed by atoms with Crippen molar-refractivity contribution < 1.29 is 4.79 Å². The smallest absolute Gasteiger partial charge is 0.240 e. The number of carbonyl (C=O) groups excluding carboxylic acids is 1. The number of benzene rings is 1. The minimum atomic E-state index is -0.772. The largest absolute Gasteiger partial charge is 0.352 e. The first-order valence-electron chi connectivity index (χ1n) is 8.58. The van der Waals surface area contributed by atoms with Crippen LogP contribution in [0.25, 0.3) is 0 Å². The van der Waals surface area contributed by atoms with Crippen molar-refractivity contribution in [2.45, 2.75) is 57.7 Å². The van der Waals surface area contributed by atoms with Gasteiger partial charge in [-0.2, -0.15) is 0 Å². The molecule has 1 amide bonds. The van der Waals surface area contributed by atoms with E-state index < -0.39 is 5.54 Å². The quantitative estimate of drug-likeness (QED) is 0.802. The number of likely N-dealkylation sites (tertiary alicyclic amines) is 1. The Morgan fingerprint density at radius 3 is 2.58 bits per heavy atom. The number of halogens is 2. The molecule has 0 bridgehead atoms. The highest BCUT2D eigenvalue weighted by molar-refractivity contribution is 6.42. The third-order valence-electron chi connectivity index (χ3n) is 4.60. The van der Waals surface area contributed by atoms with Gasteiger partial charge >= 0.3 is 0 Å².